The molecule has 1 fully saturated rings. The van der Waals surface area contributed by atoms with Crippen LogP contribution in [0.4, 0.5) is 5.69 Å². The van der Waals surface area contributed by atoms with Crippen LogP contribution in [-0.4, -0.2) is 25.2 Å². The minimum absolute atomic E-state index is 0.0155. The number of rotatable bonds is 4. The van der Waals surface area contributed by atoms with Gasteiger partial charge in [0.15, 0.2) is 6.61 Å². The van der Waals surface area contributed by atoms with Crippen LogP contribution < -0.4 is 10.1 Å². The maximum absolute atomic E-state index is 11.9. The summed E-state index contributed by atoms with van der Waals surface area (Å²) in [7, 11) is 0. The SMILES string of the molecule is N#CCOc1ccc(NC(=O)C2CCCCO2)cc1. The Morgan fingerprint density at radius 1 is 1.42 bits per heavy atom. The molecule has 100 valence electrons. The predicted molar refractivity (Wildman–Crippen MR) is 69.8 cm³/mol. The maximum atomic E-state index is 11.9. The van der Waals surface area contributed by atoms with Gasteiger partial charge in [0.25, 0.3) is 5.91 Å². The fourth-order valence-electron chi connectivity index (χ4n) is 1.92. The molecule has 0 saturated carbocycles. The van der Waals surface area contributed by atoms with Crippen molar-refractivity contribution < 1.29 is 14.3 Å². The number of amides is 1. The molecule has 1 saturated heterocycles. The van der Waals surface area contributed by atoms with Crippen molar-refractivity contribution >= 4 is 11.6 Å². The van der Waals surface area contributed by atoms with Gasteiger partial charge in [-0.1, -0.05) is 0 Å². The summed E-state index contributed by atoms with van der Waals surface area (Å²) in [5.74, 6) is 0.499. The molecule has 2 rings (SSSR count). The summed E-state index contributed by atoms with van der Waals surface area (Å²) in [6, 6.07) is 8.82. The summed E-state index contributed by atoms with van der Waals surface area (Å²) >= 11 is 0. The molecule has 1 N–H and O–H groups in total. The minimum atomic E-state index is -0.344. The van der Waals surface area contributed by atoms with Crippen LogP contribution in [0.2, 0.25) is 0 Å². The van der Waals surface area contributed by atoms with Crippen LogP contribution in [0, 0.1) is 11.3 Å². The van der Waals surface area contributed by atoms with E-state index in [1.54, 1.807) is 24.3 Å². The van der Waals surface area contributed by atoms with Crippen molar-refractivity contribution in [1.29, 1.82) is 5.26 Å². The van der Waals surface area contributed by atoms with Crippen LogP contribution in [0.15, 0.2) is 24.3 Å². The van der Waals surface area contributed by atoms with Gasteiger partial charge in [0.2, 0.25) is 0 Å². The number of benzene rings is 1. The molecule has 1 aliphatic heterocycles. The zero-order valence-electron chi connectivity index (χ0n) is 10.6. The molecular formula is C14H16N2O3. The summed E-state index contributed by atoms with van der Waals surface area (Å²) in [5, 5.41) is 11.2. The molecule has 1 heterocycles. The second kappa shape index (κ2) is 6.76. The Kier molecular flexibility index (Phi) is 4.76. The zero-order chi connectivity index (χ0) is 13.5. The molecule has 5 nitrogen and oxygen atoms in total. The molecule has 0 spiro atoms. The van der Waals surface area contributed by atoms with Crippen molar-refractivity contribution in [3.63, 3.8) is 0 Å². The highest BCUT2D eigenvalue weighted by molar-refractivity contribution is 5.94. The molecule has 1 aromatic carbocycles. The number of hydrogen-bond donors (Lipinski definition) is 1. The van der Waals surface area contributed by atoms with Crippen molar-refractivity contribution in [2.24, 2.45) is 0 Å². The zero-order valence-corrected chi connectivity index (χ0v) is 10.6. The van der Waals surface area contributed by atoms with Crippen LogP contribution in [0.1, 0.15) is 19.3 Å². The van der Waals surface area contributed by atoms with E-state index in [9.17, 15) is 4.79 Å². The summed E-state index contributed by atoms with van der Waals surface area (Å²) < 4.78 is 10.5. The third kappa shape index (κ3) is 3.97. The van der Waals surface area contributed by atoms with Crippen LogP contribution in [-0.2, 0) is 9.53 Å². The highest BCUT2D eigenvalue weighted by Crippen LogP contribution is 2.18. The first kappa shape index (κ1) is 13.4. The first-order chi connectivity index (χ1) is 9.29. The van der Waals surface area contributed by atoms with Gasteiger partial charge in [0.05, 0.1) is 0 Å². The van der Waals surface area contributed by atoms with Crippen LogP contribution >= 0.6 is 0 Å². The van der Waals surface area contributed by atoms with Gasteiger partial charge in [-0.3, -0.25) is 4.79 Å². The molecule has 0 bridgehead atoms. The molecule has 1 aromatic rings. The fourth-order valence-corrected chi connectivity index (χ4v) is 1.92. The summed E-state index contributed by atoms with van der Waals surface area (Å²) in [6.45, 7) is 0.667. The normalized spacial score (nSPS) is 18.4. The third-order valence-electron chi connectivity index (χ3n) is 2.90. The Balaban J connectivity index is 1.88. The molecule has 0 aliphatic carbocycles. The van der Waals surface area contributed by atoms with E-state index >= 15 is 0 Å². The van der Waals surface area contributed by atoms with Crippen molar-refractivity contribution in [3.05, 3.63) is 24.3 Å². The Bertz CT molecular complexity index is 459. The first-order valence-corrected chi connectivity index (χ1v) is 6.32. The maximum Gasteiger partial charge on any atom is 0.253 e. The summed E-state index contributed by atoms with van der Waals surface area (Å²) in [4.78, 5) is 11.9. The Morgan fingerprint density at radius 3 is 2.84 bits per heavy atom. The average Bonchev–Trinajstić information content (AvgIpc) is 2.47. The largest absolute Gasteiger partial charge is 0.479 e. The Labute approximate surface area is 112 Å². The third-order valence-corrected chi connectivity index (χ3v) is 2.90. The van der Waals surface area contributed by atoms with Gasteiger partial charge in [-0.15, -0.1) is 0 Å². The van der Waals surface area contributed by atoms with Crippen molar-refractivity contribution in [2.75, 3.05) is 18.5 Å². The number of carbonyl (C=O) groups is 1. The lowest BCUT2D eigenvalue weighted by Gasteiger charge is -2.21. The van der Waals surface area contributed by atoms with E-state index in [2.05, 4.69) is 5.32 Å². The number of nitrogens with one attached hydrogen (secondary N) is 1. The van der Waals surface area contributed by atoms with Crippen molar-refractivity contribution in [3.8, 4) is 11.8 Å². The number of nitrogens with zero attached hydrogens (tertiary/aromatic N) is 1. The standard InChI is InChI=1S/C14H16N2O3/c15-8-10-18-12-6-4-11(5-7-12)16-14(17)13-3-1-2-9-19-13/h4-7,13H,1-3,9-10H2,(H,16,17). The van der Waals surface area contributed by atoms with E-state index in [1.165, 1.54) is 0 Å². The second-order valence-corrected chi connectivity index (χ2v) is 4.32. The molecule has 1 unspecified atom stereocenters. The highest BCUT2D eigenvalue weighted by Gasteiger charge is 2.21. The molecule has 19 heavy (non-hydrogen) atoms. The topological polar surface area (TPSA) is 71.3 Å². The number of anilines is 1. The van der Waals surface area contributed by atoms with Gasteiger partial charge >= 0.3 is 0 Å². The lowest BCUT2D eigenvalue weighted by Crippen LogP contribution is -2.33. The number of nitriles is 1. The van der Waals surface area contributed by atoms with E-state index in [0.717, 1.165) is 19.3 Å². The van der Waals surface area contributed by atoms with E-state index in [0.29, 0.717) is 18.0 Å². The summed E-state index contributed by atoms with van der Waals surface area (Å²) in [5.41, 5.74) is 0.698. The lowest BCUT2D eigenvalue weighted by molar-refractivity contribution is -0.129. The molecule has 1 amide bonds. The van der Waals surface area contributed by atoms with E-state index in [-0.39, 0.29) is 18.6 Å². The van der Waals surface area contributed by atoms with Gasteiger partial charge in [0.1, 0.15) is 17.9 Å². The van der Waals surface area contributed by atoms with Gasteiger partial charge in [0, 0.05) is 12.3 Å². The smallest absolute Gasteiger partial charge is 0.253 e. The number of hydrogen-bond acceptors (Lipinski definition) is 4. The molecule has 0 aromatic heterocycles. The van der Waals surface area contributed by atoms with Crippen LogP contribution in [0.25, 0.3) is 0 Å². The van der Waals surface area contributed by atoms with Crippen molar-refractivity contribution in [2.45, 2.75) is 25.4 Å². The molecule has 1 atom stereocenters. The fraction of sp³-hybridized carbons (Fsp3) is 0.429. The molecule has 0 radical (unpaired) electrons. The Hall–Kier alpha value is -2.06. The van der Waals surface area contributed by atoms with Crippen LogP contribution in [0.3, 0.4) is 0 Å². The van der Waals surface area contributed by atoms with Crippen LogP contribution in [0.5, 0.6) is 5.75 Å². The molecule has 5 heteroatoms. The monoisotopic (exact) mass is 260 g/mol. The lowest BCUT2D eigenvalue weighted by atomic mass is 10.1. The molecule has 1 aliphatic rings. The number of ether oxygens (including phenoxy) is 2. The first-order valence-electron chi connectivity index (χ1n) is 6.32. The number of carbonyl (C=O) groups excluding carboxylic acids is 1. The molecular weight excluding hydrogens is 244 g/mol. The van der Waals surface area contributed by atoms with Gasteiger partial charge < -0.3 is 14.8 Å². The van der Waals surface area contributed by atoms with E-state index in [1.807, 2.05) is 6.07 Å². The average molecular weight is 260 g/mol. The quantitative estimate of drug-likeness (QED) is 0.899. The predicted octanol–water partition coefficient (Wildman–Crippen LogP) is 2.10. The van der Waals surface area contributed by atoms with Crippen molar-refractivity contribution in [1.82, 2.24) is 0 Å². The Morgan fingerprint density at radius 2 is 2.21 bits per heavy atom. The second-order valence-electron chi connectivity index (χ2n) is 4.32. The minimum Gasteiger partial charge on any atom is -0.479 e. The van der Waals surface area contributed by atoms with Gasteiger partial charge in [-0.25, -0.2) is 0 Å². The summed E-state index contributed by atoms with van der Waals surface area (Å²) in [6.07, 6.45) is 2.48. The van der Waals surface area contributed by atoms with Gasteiger partial charge in [-0.05, 0) is 43.5 Å². The van der Waals surface area contributed by atoms with E-state index in [4.69, 9.17) is 14.7 Å². The van der Waals surface area contributed by atoms with Gasteiger partial charge in [-0.2, -0.15) is 5.26 Å². The van der Waals surface area contributed by atoms with E-state index < -0.39 is 0 Å². The highest BCUT2D eigenvalue weighted by atomic mass is 16.5.